The molecule has 2 amide bonds. The predicted octanol–water partition coefficient (Wildman–Crippen LogP) is 3.37. The first kappa shape index (κ1) is 17.9. The minimum absolute atomic E-state index is 0.00789. The zero-order valence-corrected chi connectivity index (χ0v) is 14.0. The lowest BCUT2D eigenvalue weighted by molar-refractivity contribution is -0.384. The Morgan fingerprint density at radius 2 is 2.04 bits per heavy atom. The Bertz CT molecular complexity index is 829. The number of urea groups is 1. The normalized spacial score (nSPS) is 11.2. The average Bonchev–Trinajstić information content (AvgIpc) is 2.65. The molecule has 0 radical (unpaired) electrons. The van der Waals surface area contributed by atoms with Crippen LogP contribution in [0.4, 0.5) is 10.5 Å². The van der Waals surface area contributed by atoms with E-state index in [4.69, 9.17) is 5.26 Å². The molecule has 0 spiro atoms. The summed E-state index contributed by atoms with van der Waals surface area (Å²) in [7, 11) is 1.63. The van der Waals surface area contributed by atoms with E-state index in [1.165, 1.54) is 17.0 Å². The maximum Gasteiger partial charge on any atom is 0.317 e. The van der Waals surface area contributed by atoms with Crippen LogP contribution in [-0.2, 0) is 6.54 Å². The fourth-order valence-electron chi connectivity index (χ4n) is 2.35. The lowest BCUT2D eigenvalue weighted by atomic mass is 10.1. The predicted molar refractivity (Wildman–Crippen MR) is 92.7 cm³/mol. The minimum Gasteiger partial charge on any atom is -0.334 e. The maximum atomic E-state index is 12.3. The Labute approximate surface area is 145 Å². The summed E-state index contributed by atoms with van der Waals surface area (Å²) in [5, 5.41) is 22.6. The summed E-state index contributed by atoms with van der Waals surface area (Å²) in [6.45, 7) is 2.09. The van der Waals surface area contributed by atoms with Crippen LogP contribution < -0.4 is 5.32 Å². The smallest absolute Gasteiger partial charge is 0.317 e. The molecule has 0 unspecified atom stereocenters. The van der Waals surface area contributed by atoms with Crippen LogP contribution in [0.25, 0.3) is 0 Å². The quantitative estimate of drug-likeness (QED) is 0.667. The van der Waals surface area contributed by atoms with E-state index < -0.39 is 4.92 Å². The highest BCUT2D eigenvalue weighted by atomic mass is 16.6. The zero-order chi connectivity index (χ0) is 18.4. The molecule has 25 heavy (non-hydrogen) atoms. The van der Waals surface area contributed by atoms with Gasteiger partial charge in [0.05, 0.1) is 22.6 Å². The molecule has 0 bridgehead atoms. The van der Waals surface area contributed by atoms with Crippen molar-refractivity contribution in [2.75, 3.05) is 7.05 Å². The van der Waals surface area contributed by atoms with E-state index in [-0.39, 0.29) is 17.8 Å². The molecule has 2 rings (SSSR count). The molecule has 128 valence electrons. The van der Waals surface area contributed by atoms with Gasteiger partial charge >= 0.3 is 6.03 Å². The lowest BCUT2D eigenvalue weighted by Gasteiger charge is -2.25. The van der Waals surface area contributed by atoms with E-state index in [1.54, 1.807) is 44.3 Å². The van der Waals surface area contributed by atoms with E-state index in [0.29, 0.717) is 17.7 Å². The average molecular weight is 338 g/mol. The number of carbonyl (C=O) groups is 1. The molecule has 2 aromatic rings. The topological polar surface area (TPSA) is 99.3 Å². The summed E-state index contributed by atoms with van der Waals surface area (Å²) in [5.74, 6) is 0. The molecule has 1 atom stereocenters. The van der Waals surface area contributed by atoms with Crippen molar-refractivity contribution in [2.45, 2.75) is 19.5 Å². The van der Waals surface area contributed by atoms with Crippen LogP contribution in [0, 0.1) is 21.4 Å². The third kappa shape index (κ3) is 4.54. The van der Waals surface area contributed by atoms with Crippen LogP contribution in [0.15, 0.2) is 48.5 Å². The van der Waals surface area contributed by atoms with Crippen molar-refractivity contribution < 1.29 is 9.72 Å². The molecule has 2 aromatic carbocycles. The maximum absolute atomic E-state index is 12.3. The van der Waals surface area contributed by atoms with E-state index in [2.05, 4.69) is 11.4 Å². The van der Waals surface area contributed by atoms with Crippen molar-refractivity contribution in [3.63, 3.8) is 0 Å². The van der Waals surface area contributed by atoms with Crippen molar-refractivity contribution in [1.29, 1.82) is 5.26 Å². The van der Waals surface area contributed by atoms with Crippen molar-refractivity contribution >= 4 is 11.7 Å². The molecule has 0 heterocycles. The largest absolute Gasteiger partial charge is 0.334 e. The fraction of sp³-hybridized carbons (Fsp3) is 0.222. The molecular formula is C18H18N4O3. The number of nitro benzene ring substituents is 1. The van der Waals surface area contributed by atoms with Gasteiger partial charge in [-0.05, 0) is 30.2 Å². The van der Waals surface area contributed by atoms with Gasteiger partial charge < -0.3 is 10.2 Å². The van der Waals surface area contributed by atoms with Crippen molar-refractivity contribution in [2.24, 2.45) is 0 Å². The fourth-order valence-corrected chi connectivity index (χ4v) is 2.35. The number of nitro groups is 1. The number of nitrogens with one attached hydrogen (secondary N) is 1. The molecule has 0 aliphatic rings. The van der Waals surface area contributed by atoms with Gasteiger partial charge in [-0.15, -0.1) is 0 Å². The number of amides is 2. The summed E-state index contributed by atoms with van der Waals surface area (Å²) < 4.78 is 0. The van der Waals surface area contributed by atoms with Gasteiger partial charge in [-0.25, -0.2) is 4.79 Å². The lowest BCUT2D eigenvalue weighted by Crippen LogP contribution is -2.38. The second kappa shape index (κ2) is 7.93. The van der Waals surface area contributed by atoms with Crippen LogP contribution in [0.5, 0.6) is 0 Å². The molecular weight excluding hydrogens is 320 g/mol. The number of hydrogen-bond donors (Lipinski definition) is 1. The van der Waals surface area contributed by atoms with Gasteiger partial charge in [0, 0.05) is 25.7 Å². The Balaban J connectivity index is 2.02. The van der Waals surface area contributed by atoms with Crippen LogP contribution in [0.2, 0.25) is 0 Å². The third-order valence-corrected chi connectivity index (χ3v) is 3.96. The van der Waals surface area contributed by atoms with Crippen LogP contribution in [0.3, 0.4) is 0 Å². The SMILES string of the molecule is C[C@H](c1cccc([N+](=O)[O-])c1)N(C)C(=O)NCc1cccc(C#N)c1. The summed E-state index contributed by atoms with van der Waals surface area (Å²) >= 11 is 0. The van der Waals surface area contributed by atoms with Crippen LogP contribution in [-0.4, -0.2) is 22.9 Å². The number of non-ortho nitro benzene ring substituents is 1. The highest BCUT2D eigenvalue weighted by Gasteiger charge is 2.19. The minimum atomic E-state index is -0.460. The highest BCUT2D eigenvalue weighted by Crippen LogP contribution is 2.23. The summed E-state index contributed by atoms with van der Waals surface area (Å²) in [6.07, 6.45) is 0. The Hall–Kier alpha value is -3.40. The molecule has 0 saturated carbocycles. The summed E-state index contributed by atoms with van der Waals surface area (Å²) in [4.78, 5) is 24.2. The highest BCUT2D eigenvalue weighted by molar-refractivity contribution is 5.74. The first-order chi connectivity index (χ1) is 11.9. The van der Waals surface area contributed by atoms with Crippen molar-refractivity contribution in [3.05, 3.63) is 75.3 Å². The van der Waals surface area contributed by atoms with E-state index in [9.17, 15) is 14.9 Å². The van der Waals surface area contributed by atoms with Gasteiger partial charge in [-0.1, -0.05) is 24.3 Å². The number of nitriles is 1. The monoisotopic (exact) mass is 338 g/mol. The summed E-state index contributed by atoms with van der Waals surface area (Å²) in [6, 6.07) is 14.6. The Morgan fingerprint density at radius 3 is 2.72 bits per heavy atom. The molecule has 7 nitrogen and oxygen atoms in total. The van der Waals surface area contributed by atoms with E-state index >= 15 is 0 Å². The first-order valence-electron chi connectivity index (χ1n) is 7.66. The van der Waals surface area contributed by atoms with E-state index in [1.807, 2.05) is 6.07 Å². The summed E-state index contributed by atoms with van der Waals surface area (Å²) in [5.41, 5.74) is 2.03. The molecule has 0 saturated heterocycles. The van der Waals surface area contributed by atoms with Gasteiger partial charge in [0.15, 0.2) is 0 Å². The van der Waals surface area contributed by atoms with E-state index in [0.717, 1.165) is 5.56 Å². The molecule has 1 N–H and O–H groups in total. The van der Waals surface area contributed by atoms with Gasteiger partial charge in [-0.2, -0.15) is 5.26 Å². The number of rotatable bonds is 5. The van der Waals surface area contributed by atoms with Crippen LogP contribution in [0.1, 0.15) is 29.7 Å². The number of benzene rings is 2. The van der Waals surface area contributed by atoms with Gasteiger partial charge in [-0.3, -0.25) is 10.1 Å². The second-order valence-corrected chi connectivity index (χ2v) is 5.61. The zero-order valence-electron chi connectivity index (χ0n) is 14.0. The number of hydrogen-bond acceptors (Lipinski definition) is 4. The third-order valence-electron chi connectivity index (χ3n) is 3.96. The Morgan fingerprint density at radius 1 is 1.32 bits per heavy atom. The van der Waals surface area contributed by atoms with Gasteiger partial charge in [0.2, 0.25) is 0 Å². The standard InChI is InChI=1S/C18H18N4O3/c1-13(16-7-4-8-17(10-16)22(24)25)21(2)18(23)20-12-15-6-3-5-14(9-15)11-19/h3-10,13H,12H2,1-2H3,(H,20,23)/t13-/m1/s1. The molecule has 0 aliphatic heterocycles. The second-order valence-electron chi connectivity index (χ2n) is 5.61. The molecule has 7 heteroatoms. The first-order valence-corrected chi connectivity index (χ1v) is 7.66. The number of nitrogens with zero attached hydrogens (tertiary/aromatic N) is 3. The molecule has 0 aromatic heterocycles. The van der Waals surface area contributed by atoms with Gasteiger partial charge in [0.25, 0.3) is 5.69 Å². The molecule has 0 fully saturated rings. The number of carbonyl (C=O) groups excluding carboxylic acids is 1. The van der Waals surface area contributed by atoms with Crippen molar-refractivity contribution in [1.82, 2.24) is 10.2 Å². The van der Waals surface area contributed by atoms with Gasteiger partial charge in [0.1, 0.15) is 0 Å². The van der Waals surface area contributed by atoms with Crippen molar-refractivity contribution in [3.8, 4) is 6.07 Å². The van der Waals surface area contributed by atoms with Crippen LogP contribution >= 0.6 is 0 Å². The Kier molecular flexibility index (Phi) is 5.69. The molecule has 0 aliphatic carbocycles.